The highest BCUT2D eigenvalue weighted by molar-refractivity contribution is 6.04. The Balaban J connectivity index is 1.71. The van der Waals surface area contributed by atoms with Crippen LogP contribution in [0.2, 0.25) is 0 Å². The van der Waals surface area contributed by atoms with Crippen molar-refractivity contribution in [3.8, 4) is 6.07 Å². The summed E-state index contributed by atoms with van der Waals surface area (Å²) in [7, 11) is 1.48. The summed E-state index contributed by atoms with van der Waals surface area (Å²) in [6, 6.07) is 2.17. The summed E-state index contributed by atoms with van der Waals surface area (Å²) >= 11 is 0. The highest BCUT2D eigenvalue weighted by atomic mass is 16.5. The fraction of sp³-hybridized carbons (Fsp3) is 0.750. The van der Waals surface area contributed by atoms with Gasteiger partial charge in [0.25, 0.3) is 0 Å². The number of nitrogens with zero attached hydrogens (tertiary/aromatic N) is 1. The summed E-state index contributed by atoms with van der Waals surface area (Å²) in [6.45, 7) is 15.2. The van der Waals surface area contributed by atoms with E-state index < -0.39 is 16.2 Å². The lowest BCUT2D eigenvalue weighted by Gasteiger charge is -2.68. The molecule has 0 radical (unpaired) electrons. The lowest BCUT2D eigenvalue weighted by atomic mass is 9.34. The number of nitriles is 1. The first-order valence-electron chi connectivity index (χ1n) is 14.1. The number of methoxy groups -OCH3 is 1. The van der Waals surface area contributed by atoms with E-state index in [0.29, 0.717) is 0 Å². The van der Waals surface area contributed by atoms with Crippen LogP contribution in [0.15, 0.2) is 23.3 Å². The fourth-order valence-corrected chi connectivity index (χ4v) is 10.2. The van der Waals surface area contributed by atoms with Gasteiger partial charge in [-0.1, -0.05) is 60.1 Å². The van der Waals surface area contributed by atoms with Gasteiger partial charge < -0.3 is 4.74 Å². The van der Waals surface area contributed by atoms with Gasteiger partial charge in [0.05, 0.1) is 18.1 Å². The van der Waals surface area contributed by atoms with Crippen molar-refractivity contribution in [2.45, 2.75) is 93.4 Å². The maximum absolute atomic E-state index is 14.4. The molecule has 0 bridgehead atoms. The first-order valence-corrected chi connectivity index (χ1v) is 14.1. The molecule has 0 heterocycles. The Morgan fingerprint density at radius 2 is 1.65 bits per heavy atom. The standard InChI is InChI=1S/C32H43NO4/c1-27(2)11-13-32(26(36)37-8)14-12-31(7)24(20(32)17-27)21(34)15-23-29(5)16-19(18-33)25(35)28(3,4)22(29)9-10-30(23,31)6/h15-16,20,22,24H,9-14,17H2,1-8H3/t20-,22-,24-,29+,30+,31+,32-/m0/s1. The average molecular weight is 506 g/mol. The van der Waals surface area contributed by atoms with E-state index in [1.807, 2.05) is 26.0 Å². The van der Waals surface area contributed by atoms with Gasteiger partial charge in [-0.25, -0.2) is 0 Å². The van der Waals surface area contributed by atoms with Crippen molar-refractivity contribution >= 4 is 17.5 Å². The molecule has 0 aliphatic heterocycles. The van der Waals surface area contributed by atoms with Gasteiger partial charge >= 0.3 is 5.97 Å². The van der Waals surface area contributed by atoms with Crippen LogP contribution in [0.25, 0.3) is 0 Å². The lowest BCUT2D eigenvalue weighted by molar-refractivity contribution is -0.191. The van der Waals surface area contributed by atoms with E-state index >= 15 is 0 Å². The molecule has 3 fully saturated rings. The minimum Gasteiger partial charge on any atom is -0.469 e. The summed E-state index contributed by atoms with van der Waals surface area (Å²) < 4.78 is 5.41. The SMILES string of the molecule is COC(=O)[C@]12CCC(C)(C)C[C@H]1[C@H]1C(=O)C=C3[C@]4(C)C=C(C#N)C(=O)C(C)(C)[C@@H]4CC[C@@]3(C)[C@]1(C)CC2. The first-order chi connectivity index (χ1) is 17.0. The molecule has 0 saturated heterocycles. The van der Waals surface area contributed by atoms with E-state index in [1.165, 1.54) is 7.11 Å². The largest absolute Gasteiger partial charge is 0.469 e. The minimum atomic E-state index is -0.669. The molecule has 5 aliphatic rings. The van der Waals surface area contributed by atoms with Gasteiger partial charge in [-0.15, -0.1) is 0 Å². The van der Waals surface area contributed by atoms with E-state index in [9.17, 15) is 19.6 Å². The van der Waals surface area contributed by atoms with Gasteiger partial charge in [0.15, 0.2) is 11.6 Å². The number of carbonyl (C=O) groups is 3. The second-order valence-electron chi connectivity index (χ2n) is 14.9. The zero-order valence-corrected chi connectivity index (χ0v) is 23.9. The van der Waals surface area contributed by atoms with Crippen LogP contribution >= 0.6 is 0 Å². The number of ether oxygens (including phenoxy) is 1. The predicted molar refractivity (Wildman–Crippen MR) is 141 cm³/mol. The number of hydrogen-bond acceptors (Lipinski definition) is 5. The minimum absolute atomic E-state index is 0.0308. The van der Waals surface area contributed by atoms with E-state index in [1.54, 1.807) is 0 Å². The lowest BCUT2D eigenvalue weighted by Crippen LogP contribution is -2.65. The molecular weight excluding hydrogens is 462 g/mol. The third-order valence-electron chi connectivity index (χ3n) is 12.5. The topological polar surface area (TPSA) is 84.2 Å². The highest BCUT2D eigenvalue weighted by Crippen LogP contribution is 2.74. The zero-order chi connectivity index (χ0) is 27.4. The molecular formula is C32H43NO4. The van der Waals surface area contributed by atoms with Crippen LogP contribution in [0.5, 0.6) is 0 Å². The maximum atomic E-state index is 14.4. The van der Waals surface area contributed by atoms with Crippen molar-refractivity contribution in [2.24, 2.45) is 50.2 Å². The van der Waals surface area contributed by atoms with E-state index in [-0.39, 0.29) is 57.1 Å². The van der Waals surface area contributed by atoms with Crippen LogP contribution < -0.4 is 0 Å². The molecule has 0 spiro atoms. The molecule has 5 heteroatoms. The predicted octanol–water partition coefficient (Wildman–Crippen LogP) is 6.38. The molecule has 0 amide bonds. The van der Waals surface area contributed by atoms with Crippen molar-refractivity contribution in [1.29, 1.82) is 5.26 Å². The van der Waals surface area contributed by atoms with Crippen molar-refractivity contribution < 1.29 is 19.1 Å². The number of allylic oxidation sites excluding steroid dienone is 4. The number of ketones is 2. The zero-order valence-electron chi connectivity index (χ0n) is 23.9. The normalized spacial score (nSPS) is 45.6. The molecule has 5 nitrogen and oxygen atoms in total. The van der Waals surface area contributed by atoms with Gasteiger partial charge in [0.1, 0.15) is 6.07 Å². The van der Waals surface area contributed by atoms with Crippen molar-refractivity contribution in [1.82, 2.24) is 0 Å². The summed E-state index contributed by atoms with van der Waals surface area (Å²) in [5.41, 5.74) is -1.02. The second-order valence-corrected chi connectivity index (χ2v) is 14.9. The number of carbonyl (C=O) groups excluding carboxylic acids is 3. The number of rotatable bonds is 1. The number of Topliss-reactive ketones (excluding diaryl/α,β-unsaturated/α-hetero) is 1. The molecule has 3 saturated carbocycles. The smallest absolute Gasteiger partial charge is 0.312 e. The molecule has 200 valence electrons. The Morgan fingerprint density at radius 3 is 2.27 bits per heavy atom. The van der Waals surface area contributed by atoms with Crippen LogP contribution in [0.4, 0.5) is 0 Å². The first kappa shape index (κ1) is 26.4. The molecule has 5 aliphatic carbocycles. The molecule has 7 atom stereocenters. The van der Waals surface area contributed by atoms with Gasteiger partial charge in [0, 0.05) is 16.7 Å². The van der Waals surface area contributed by atoms with Gasteiger partial charge in [-0.3, -0.25) is 14.4 Å². The molecule has 0 unspecified atom stereocenters. The van der Waals surface area contributed by atoms with Crippen LogP contribution in [0.3, 0.4) is 0 Å². The maximum Gasteiger partial charge on any atom is 0.312 e. The Hall–Kier alpha value is -2.22. The van der Waals surface area contributed by atoms with Crippen LogP contribution in [-0.2, 0) is 19.1 Å². The molecule has 5 rings (SSSR count). The van der Waals surface area contributed by atoms with Crippen LogP contribution in [0.1, 0.15) is 93.4 Å². The van der Waals surface area contributed by atoms with E-state index in [4.69, 9.17) is 4.74 Å². The Kier molecular flexibility index (Phi) is 5.47. The molecule has 0 aromatic carbocycles. The van der Waals surface area contributed by atoms with Gasteiger partial charge in [-0.2, -0.15) is 5.26 Å². The highest BCUT2D eigenvalue weighted by Gasteiger charge is 2.71. The number of esters is 1. The second kappa shape index (κ2) is 7.67. The fourth-order valence-electron chi connectivity index (χ4n) is 10.2. The Bertz CT molecular complexity index is 1200. The Labute approximate surface area is 222 Å². The van der Waals surface area contributed by atoms with E-state index in [0.717, 1.165) is 50.5 Å². The molecule has 37 heavy (non-hydrogen) atoms. The third kappa shape index (κ3) is 3.11. The third-order valence-corrected chi connectivity index (χ3v) is 12.5. The van der Waals surface area contributed by atoms with Crippen LogP contribution in [0, 0.1) is 61.6 Å². The van der Waals surface area contributed by atoms with Gasteiger partial charge in [0.2, 0.25) is 0 Å². The van der Waals surface area contributed by atoms with Gasteiger partial charge in [-0.05, 0) is 79.1 Å². The van der Waals surface area contributed by atoms with Crippen molar-refractivity contribution in [2.75, 3.05) is 7.11 Å². The molecule has 0 aromatic rings. The van der Waals surface area contributed by atoms with E-state index in [2.05, 4.69) is 40.7 Å². The molecule has 0 N–H and O–H groups in total. The monoisotopic (exact) mass is 505 g/mol. The summed E-state index contributed by atoms with van der Waals surface area (Å²) in [4.78, 5) is 40.9. The average Bonchev–Trinajstić information content (AvgIpc) is 2.82. The summed E-state index contributed by atoms with van der Waals surface area (Å²) in [6.07, 6.45) is 9.65. The quantitative estimate of drug-likeness (QED) is 0.386. The van der Waals surface area contributed by atoms with Crippen molar-refractivity contribution in [3.05, 3.63) is 23.3 Å². The number of fused-ring (bicyclic) bond motifs is 7. The number of hydrogen-bond donors (Lipinski definition) is 0. The molecule has 0 aromatic heterocycles. The summed E-state index contributed by atoms with van der Waals surface area (Å²) in [5.74, 6) is -0.376. The summed E-state index contributed by atoms with van der Waals surface area (Å²) in [5, 5.41) is 9.86. The van der Waals surface area contributed by atoms with Crippen molar-refractivity contribution in [3.63, 3.8) is 0 Å². The van der Waals surface area contributed by atoms with Crippen LogP contribution in [-0.4, -0.2) is 24.6 Å². The Morgan fingerprint density at radius 1 is 1.00 bits per heavy atom.